The van der Waals surface area contributed by atoms with E-state index in [-0.39, 0.29) is 42.9 Å². The van der Waals surface area contributed by atoms with Crippen LogP contribution in [0.4, 0.5) is 0 Å². The van der Waals surface area contributed by atoms with Gasteiger partial charge in [0.15, 0.2) is 0 Å². The van der Waals surface area contributed by atoms with Crippen molar-refractivity contribution in [3.05, 3.63) is 76.4 Å². The molecule has 3 aromatic rings. The number of aliphatic hydroxyl groups is 1. The third kappa shape index (κ3) is 5.87. The number of Topliss-reactive ketones (excluding diaryl/α,β-unsaturated/α-hetero) is 1. The van der Waals surface area contributed by atoms with Gasteiger partial charge in [-0.3, -0.25) is 19.2 Å². The SMILES string of the molecule is CC(=O)C[C@H](NC(=O)[C@@H]1C[C@@H](O)CN1C(=O)[C@H](C(C)C)N1Cc2ccccc2C1=O)c1ccc(-c2scnc2C)cc1. The number of nitrogens with zero attached hydrogens (tertiary/aromatic N) is 3. The molecular formula is C32H36N4O5S. The maximum Gasteiger partial charge on any atom is 0.255 e. The van der Waals surface area contributed by atoms with E-state index in [1.807, 2.05) is 57.2 Å². The Morgan fingerprint density at radius 2 is 1.83 bits per heavy atom. The van der Waals surface area contributed by atoms with Crippen LogP contribution in [0.25, 0.3) is 10.4 Å². The highest BCUT2D eigenvalue weighted by atomic mass is 32.1. The minimum Gasteiger partial charge on any atom is -0.391 e. The number of hydrogen-bond donors (Lipinski definition) is 2. The summed E-state index contributed by atoms with van der Waals surface area (Å²) in [5.74, 6) is -1.32. The Balaban J connectivity index is 1.35. The summed E-state index contributed by atoms with van der Waals surface area (Å²) < 4.78 is 0. The number of benzene rings is 2. The van der Waals surface area contributed by atoms with Crippen molar-refractivity contribution in [1.82, 2.24) is 20.1 Å². The van der Waals surface area contributed by atoms with Crippen LogP contribution in [-0.4, -0.2) is 68.1 Å². The Morgan fingerprint density at radius 3 is 2.45 bits per heavy atom. The monoisotopic (exact) mass is 588 g/mol. The first-order valence-corrected chi connectivity index (χ1v) is 15.1. The first-order valence-electron chi connectivity index (χ1n) is 14.2. The van der Waals surface area contributed by atoms with Crippen molar-refractivity contribution in [1.29, 1.82) is 0 Å². The number of aromatic nitrogens is 1. The largest absolute Gasteiger partial charge is 0.391 e. The number of aliphatic hydroxyl groups excluding tert-OH is 1. The third-order valence-corrected chi connectivity index (χ3v) is 9.04. The highest BCUT2D eigenvalue weighted by molar-refractivity contribution is 7.13. The van der Waals surface area contributed by atoms with Gasteiger partial charge in [0.2, 0.25) is 11.8 Å². The van der Waals surface area contributed by atoms with Crippen molar-refractivity contribution in [2.75, 3.05) is 6.54 Å². The number of fused-ring (bicyclic) bond motifs is 1. The zero-order valence-electron chi connectivity index (χ0n) is 24.2. The van der Waals surface area contributed by atoms with Gasteiger partial charge in [-0.15, -0.1) is 11.3 Å². The first kappa shape index (κ1) is 29.6. The van der Waals surface area contributed by atoms with E-state index >= 15 is 0 Å². The highest BCUT2D eigenvalue weighted by Gasteiger charge is 2.46. The molecule has 0 bridgehead atoms. The molecule has 5 rings (SSSR count). The molecule has 2 N–H and O–H groups in total. The lowest BCUT2D eigenvalue weighted by Crippen LogP contribution is -2.55. The summed E-state index contributed by atoms with van der Waals surface area (Å²) in [6.07, 6.45) is -0.715. The van der Waals surface area contributed by atoms with Crippen LogP contribution in [0.1, 0.15) is 66.8 Å². The Labute approximate surface area is 249 Å². The zero-order valence-corrected chi connectivity index (χ0v) is 25.1. The lowest BCUT2D eigenvalue weighted by Gasteiger charge is -2.35. The third-order valence-electron chi connectivity index (χ3n) is 8.06. The van der Waals surface area contributed by atoms with Gasteiger partial charge in [-0.05, 0) is 42.5 Å². The summed E-state index contributed by atoms with van der Waals surface area (Å²) in [5, 5.41) is 13.6. The minimum atomic E-state index is -0.928. The van der Waals surface area contributed by atoms with Gasteiger partial charge in [-0.1, -0.05) is 56.3 Å². The summed E-state index contributed by atoms with van der Waals surface area (Å²) in [4.78, 5) is 61.5. The van der Waals surface area contributed by atoms with Crippen LogP contribution in [0.2, 0.25) is 0 Å². The van der Waals surface area contributed by atoms with Crippen molar-refractivity contribution in [3.63, 3.8) is 0 Å². The quantitative estimate of drug-likeness (QED) is 0.391. The molecule has 1 saturated heterocycles. The molecule has 2 aliphatic heterocycles. The lowest BCUT2D eigenvalue weighted by atomic mass is 9.98. The maximum absolute atomic E-state index is 14.0. The Morgan fingerprint density at radius 1 is 1.12 bits per heavy atom. The van der Waals surface area contributed by atoms with Crippen molar-refractivity contribution in [3.8, 4) is 10.4 Å². The molecule has 0 spiro atoms. The summed E-state index contributed by atoms with van der Waals surface area (Å²) >= 11 is 1.55. The number of hydrogen-bond acceptors (Lipinski definition) is 7. The van der Waals surface area contributed by atoms with E-state index in [1.54, 1.807) is 33.9 Å². The second-order valence-corrected chi connectivity index (χ2v) is 12.4. The number of aryl methyl sites for hydroxylation is 1. The number of rotatable bonds is 9. The van der Waals surface area contributed by atoms with Gasteiger partial charge in [-0.25, -0.2) is 4.98 Å². The molecule has 2 aliphatic rings. The average molecular weight is 589 g/mol. The zero-order chi connectivity index (χ0) is 30.1. The molecule has 0 unspecified atom stereocenters. The van der Waals surface area contributed by atoms with E-state index in [2.05, 4.69) is 10.3 Å². The van der Waals surface area contributed by atoms with Crippen LogP contribution in [0.5, 0.6) is 0 Å². The van der Waals surface area contributed by atoms with E-state index in [0.29, 0.717) is 12.1 Å². The molecular weight excluding hydrogens is 552 g/mol. The topological polar surface area (TPSA) is 120 Å². The number of amides is 3. The Hall–Kier alpha value is -3.89. The smallest absolute Gasteiger partial charge is 0.255 e. The van der Waals surface area contributed by atoms with Crippen LogP contribution in [0.15, 0.2) is 54.0 Å². The number of likely N-dealkylation sites (tertiary alicyclic amines) is 1. The normalized spacial score (nSPS) is 19.6. The summed E-state index contributed by atoms with van der Waals surface area (Å²) in [5.41, 5.74) is 5.94. The Bertz CT molecular complexity index is 1500. The van der Waals surface area contributed by atoms with Gasteiger partial charge in [0.1, 0.15) is 17.9 Å². The molecule has 3 heterocycles. The molecule has 1 fully saturated rings. The predicted molar refractivity (Wildman–Crippen MR) is 160 cm³/mol. The fourth-order valence-electron chi connectivity index (χ4n) is 6.01. The number of carbonyl (C=O) groups is 4. The average Bonchev–Trinajstić information content (AvgIpc) is 3.65. The maximum atomic E-state index is 14.0. The summed E-state index contributed by atoms with van der Waals surface area (Å²) in [7, 11) is 0. The van der Waals surface area contributed by atoms with Gasteiger partial charge in [0, 0.05) is 31.5 Å². The van der Waals surface area contributed by atoms with Crippen LogP contribution < -0.4 is 5.32 Å². The van der Waals surface area contributed by atoms with Gasteiger partial charge in [-0.2, -0.15) is 0 Å². The van der Waals surface area contributed by atoms with Crippen LogP contribution in [-0.2, 0) is 20.9 Å². The molecule has 42 heavy (non-hydrogen) atoms. The minimum absolute atomic E-state index is 0.00457. The van der Waals surface area contributed by atoms with Crippen molar-refractivity contribution in [2.24, 2.45) is 5.92 Å². The van der Waals surface area contributed by atoms with Crippen LogP contribution in [0.3, 0.4) is 0 Å². The molecule has 0 radical (unpaired) electrons. The Kier molecular flexibility index (Phi) is 8.56. The number of thiazole rings is 1. The highest BCUT2D eigenvalue weighted by Crippen LogP contribution is 2.32. The van der Waals surface area contributed by atoms with Gasteiger partial charge < -0.3 is 20.2 Å². The molecule has 220 valence electrons. The molecule has 3 amide bonds. The number of nitrogens with one attached hydrogen (secondary N) is 1. The molecule has 0 aliphatic carbocycles. The molecule has 9 nitrogen and oxygen atoms in total. The summed E-state index contributed by atoms with van der Waals surface area (Å²) in [6, 6.07) is 12.7. The first-order chi connectivity index (χ1) is 20.0. The van der Waals surface area contributed by atoms with Gasteiger partial charge in [0.05, 0.1) is 28.2 Å². The van der Waals surface area contributed by atoms with E-state index < -0.39 is 30.1 Å². The van der Waals surface area contributed by atoms with Crippen LogP contribution in [0, 0.1) is 12.8 Å². The molecule has 0 saturated carbocycles. The van der Waals surface area contributed by atoms with Crippen LogP contribution >= 0.6 is 11.3 Å². The molecule has 10 heteroatoms. The second-order valence-electron chi connectivity index (χ2n) is 11.5. The lowest BCUT2D eigenvalue weighted by molar-refractivity contribution is -0.143. The molecule has 4 atom stereocenters. The number of ketones is 1. The fraction of sp³-hybridized carbons (Fsp3) is 0.406. The number of carbonyl (C=O) groups excluding carboxylic acids is 4. The van der Waals surface area contributed by atoms with Gasteiger partial charge >= 0.3 is 0 Å². The van der Waals surface area contributed by atoms with E-state index in [4.69, 9.17) is 0 Å². The van der Waals surface area contributed by atoms with E-state index in [9.17, 15) is 24.3 Å². The summed E-state index contributed by atoms with van der Waals surface area (Å²) in [6.45, 7) is 7.48. The van der Waals surface area contributed by atoms with E-state index in [1.165, 1.54) is 11.8 Å². The van der Waals surface area contributed by atoms with Crippen molar-refractivity contribution in [2.45, 2.75) is 71.3 Å². The number of β-amino-alcohol motifs (C(OH)–C–C–N with tert-alkyl or cyclic N) is 1. The second kappa shape index (κ2) is 12.1. The standard InChI is InChI=1S/C32H36N4O5S/c1-18(2)28(36-15-23-7-5-6-8-25(23)31(36)40)32(41)35-16-24(38)14-27(35)30(39)34-26(13-19(3)37)21-9-11-22(12-10-21)29-20(4)33-17-42-29/h5-12,17-18,24,26-28,38H,13-16H2,1-4H3,(H,34,39)/t24-,26+,27+,28+/m1/s1. The van der Waals surface area contributed by atoms with Crippen molar-refractivity contribution < 1.29 is 24.3 Å². The molecule has 1 aromatic heterocycles. The van der Waals surface area contributed by atoms with Crippen molar-refractivity contribution >= 4 is 34.8 Å². The van der Waals surface area contributed by atoms with Gasteiger partial charge in [0.25, 0.3) is 5.91 Å². The van der Waals surface area contributed by atoms with E-state index in [0.717, 1.165) is 27.3 Å². The fourth-order valence-corrected chi connectivity index (χ4v) is 6.82. The molecule has 2 aromatic carbocycles. The predicted octanol–water partition coefficient (Wildman–Crippen LogP) is 3.90.